The minimum Gasteiger partial charge on any atom is -0.414 e. The highest BCUT2D eigenvalue weighted by Crippen LogP contribution is 2.69. The van der Waals surface area contributed by atoms with Gasteiger partial charge in [0.2, 0.25) is 0 Å². The second-order valence-electron chi connectivity index (χ2n) is 37.2. The number of aliphatic hydroxyl groups excluding tert-OH is 2. The number of ether oxygens (including phenoxy) is 1. The molecule has 8 aliphatic carbocycles. The van der Waals surface area contributed by atoms with E-state index in [2.05, 4.69) is 92.9 Å². The number of benzene rings is 2. The number of Topliss-reactive ketones (excluding diaryl/α,β-unsaturated/α-hetero) is 1. The highest BCUT2D eigenvalue weighted by molar-refractivity contribution is 7.78. The fourth-order valence-corrected chi connectivity index (χ4v) is 23.9. The molecule has 1 aliphatic heterocycles. The van der Waals surface area contributed by atoms with E-state index < -0.39 is 91.0 Å². The number of fused-ring (bicyclic) bond motifs is 2. The molecule has 2 aromatic carbocycles. The number of carbonyl (C=O) groups is 1. The van der Waals surface area contributed by atoms with E-state index in [0.29, 0.717) is 63.9 Å². The summed E-state index contributed by atoms with van der Waals surface area (Å²) in [6.07, 6.45) is 5.05. The third-order valence-electron chi connectivity index (χ3n) is 25.7. The average molecular weight is 1630 g/mol. The van der Waals surface area contributed by atoms with Crippen molar-refractivity contribution in [2.75, 3.05) is 19.4 Å². The Morgan fingerprint density at radius 3 is 1.37 bits per heavy atom. The first-order valence-corrected chi connectivity index (χ1v) is 50.7. The molecule has 8 atom stereocenters. The van der Waals surface area contributed by atoms with Crippen molar-refractivity contribution >= 4 is 48.5 Å². The summed E-state index contributed by atoms with van der Waals surface area (Å²) >= 11 is 0. The maximum atomic E-state index is 14.6. The maximum Gasteiger partial charge on any atom is 0.429 e. The monoisotopic (exact) mass is 1630 g/mol. The van der Waals surface area contributed by atoms with E-state index in [1.54, 1.807) is 0 Å². The molecule has 4 unspecified atom stereocenters. The minimum absolute atomic E-state index is 0.0223. The second kappa shape index (κ2) is 34.3. The van der Waals surface area contributed by atoms with Crippen molar-refractivity contribution in [2.24, 2.45) is 33.5 Å². The Labute approximate surface area is 649 Å². The van der Waals surface area contributed by atoms with Crippen LogP contribution in [0.1, 0.15) is 197 Å². The van der Waals surface area contributed by atoms with Crippen molar-refractivity contribution in [2.45, 2.75) is 313 Å². The molecule has 3 N–H and O–H groups in total. The molecule has 6 saturated carbocycles. The number of rotatable bonds is 19. The predicted octanol–water partition coefficient (Wildman–Crippen LogP) is 23.3. The van der Waals surface area contributed by atoms with Crippen molar-refractivity contribution in [3.05, 3.63) is 143 Å². The molecule has 110 heavy (non-hydrogen) atoms. The summed E-state index contributed by atoms with van der Waals surface area (Å²) < 4.78 is 199. The molecule has 2 aromatic rings. The average Bonchev–Trinajstić information content (AvgIpc) is 1.62. The molecule has 0 radical (unpaired) electrons. The lowest BCUT2D eigenvalue weighted by atomic mass is 9.61. The SMILES string of the molecule is C1CCOC1.CC(C)(C)[Si](C)(C)OC1CC(=CCP(=O)(c2ccccc2)c2ccccc2)C[C@@H](O[Si](C)(C)C(C)(C)C)C1.C[C@]12CCC/C(=C\C=C3CC(O)C[C@H](O)C3)C1CC=C2C1(C/C=C/C(O)(C(F)(F)F)C(F)(F)F)CC1.C[C@]12CCCC(=O)C1CC=C2C1(C/C=C/C(O[Si](C)(C)C)(C(F)(F)F)C(F)(F)F)CC1. The van der Waals surface area contributed by atoms with Gasteiger partial charge in [-0.15, -0.1) is 0 Å². The molecule has 0 bridgehead atoms. The smallest absolute Gasteiger partial charge is 0.414 e. The van der Waals surface area contributed by atoms with Crippen LogP contribution in [-0.4, -0.2) is 126 Å². The zero-order valence-corrected chi connectivity index (χ0v) is 71.3. The van der Waals surface area contributed by atoms with Gasteiger partial charge in [0.05, 0.1) is 24.4 Å². The van der Waals surface area contributed by atoms with Gasteiger partial charge >= 0.3 is 24.7 Å². The number of alkyl halides is 12. The minimum atomic E-state index is -5.86. The summed E-state index contributed by atoms with van der Waals surface area (Å²) in [5, 5.41) is 31.5. The van der Waals surface area contributed by atoms with Crippen molar-refractivity contribution in [3.63, 3.8) is 0 Å². The molecule has 618 valence electrons. The number of hydrogen-bond donors (Lipinski definition) is 3. The number of carbonyl (C=O) groups excluding carboxylic acids is 1. The lowest BCUT2D eigenvalue weighted by Gasteiger charge is -2.45. The summed E-state index contributed by atoms with van der Waals surface area (Å²) in [5.74, 6) is 0.306. The van der Waals surface area contributed by atoms with Crippen LogP contribution in [-0.2, 0) is 27.4 Å². The van der Waals surface area contributed by atoms with Crippen molar-refractivity contribution < 1.29 is 95.4 Å². The van der Waals surface area contributed by atoms with E-state index in [1.807, 2.05) is 79.7 Å². The fourth-order valence-electron chi connectivity index (χ4n) is 17.3. The topological polar surface area (TPSA) is 132 Å². The fraction of sp³-hybridized carbons (Fsp3) is 0.682. The van der Waals surface area contributed by atoms with Crippen LogP contribution >= 0.6 is 7.14 Å². The van der Waals surface area contributed by atoms with Crippen molar-refractivity contribution in [3.8, 4) is 0 Å². The molecule has 0 spiro atoms. The van der Waals surface area contributed by atoms with Gasteiger partial charge < -0.3 is 37.9 Å². The van der Waals surface area contributed by atoms with Gasteiger partial charge in [-0.3, -0.25) is 4.79 Å². The first kappa shape index (κ1) is 91.6. The Bertz CT molecular complexity index is 3600. The quantitative estimate of drug-likeness (QED) is 0.0544. The van der Waals surface area contributed by atoms with Crippen LogP contribution in [0.3, 0.4) is 0 Å². The zero-order chi connectivity index (χ0) is 82.0. The molecule has 7 fully saturated rings. The number of hydrogen-bond acceptors (Lipinski definition) is 9. The molecule has 11 rings (SSSR count). The van der Waals surface area contributed by atoms with E-state index >= 15 is 0 Å². The predicted molar refractivity (Wildman–Crippen MR) is 421 cm³/mol. The second-order valence-corrected chi connectivity index (χ2v) is 54.1. The first-order valence-electron chi connectivity index (χ1n) is 39.6. The molecule has 25 heteroatoms. The largest absolute Gasteiger partial charge is 0.429 e. The third kappa shape index (κ3) is 21.2. The normalized spacial score (nSPS) is 28.2. The Morgan fingerprint density at radius 1 is 0.545 bits per heavy atom. The Hall–Kier alpha value is -3.95. The summed E-state index contributed by atoms with van der Waals surface area (Å²) in [5.41, 5.74) is -4.87. The van der Waals surface area contributed by atoms with Crippen molar-refractivity contribution in [1.82, 2.24) is 0 Å². The number of ketones is 1. The third-order valence-corrected chi connectivity index (χ3v) is 38.6. The molecule has 0 amide bonds. The number of allylic oxidation sites excluding steroid dienone is 10. The summed E-state index contributed by atoms with van der Waals surface area (Å²) in [4.78, 5) is 12.4. The molecule has 1 saturated heterocycles. The van der Waals surface area contributed by atoms with Crippen LogP contribution in [0.15, 0.2) is 143 Å². The molecular formula is C85H123F12O9PSi3. The molecule has 9 aliphatic rings. The highest BCUT2D eigenvalue weighted by Gasteiger charge is 2.72. The van der Waals surface area contributed by atoms with Crippen LogP contribution in [0.5, 0.6) is 0 Å². The number of aliphatic hydroxyl groups is 3. The van der Waals surface area contributed by atoms with E-state index in [0.717, 1.165) is 110 Å². The van der Waals surface area contributed by atoms with Gasteiger partial charge in [-0.25, -0.2) is 0 Å². The van der Waals surface area contributed by atoms with Gasteiger partial charge in [-0.1, -0.05) is 186 Å². The Balaban J connectivity index is 0.000000201. The zero-order valence-electron chi connectivity index (χ0n) is 67.4. The summed E-state index contributed by atoms with van der Waals surface area (Å²) in [6.45, 7) is 33.3. The standard InChI is InChI=1S/C32H51O3PSi2.C27H34F6O3.C22H30F6O2Si.C4H8O/c1-31(2,3)37(7,8)34-27-23-26(24-28(25-27)35-38(9,10)32(4,5)6)21-22-36(33,29-17-13-11-14-18-29)30-19-15-12-16-20-30;1-23-9-2-4-18(6-5-17-14-19(34)16-20(35)15-17)21(23)7-8-22(23)24(12-13-24)10-3-11-25(36,26(28,29)30)27(31,32)33;1-18-10-5-7-16(29)15(18)8-9-17(18)19(13-14-19)11-6-12-20(21(23,24)25,22(26,27)28)30-31(2,3)4;1-2-4-5-3-1/h11-21,27-28H,22-25H2,1-10H3;3,5-6,8,11,19-21,34-36H,2,4,7,9-10,12-16H2,1H3;6,9,12,15H,5,7-8,10-11,13-14H2,1-4H3;1-4H2/b;11-3+,17-5?,18-6+;12-6+;/t27-,28?;19-,20?,21?,23+;15?,18-;/m110./s1. The van der Waals surface area contributed by atoms with Crippen LogP contribution in [0.2, 0.25) is 55.9 Å². The van der Waals surface area contributed by atoms with E-state index in [-0.39, 0.29) is 75.7 Å². The molecule has 1 heterocycles. The summed E-state index contributed by atoms with van der Waals surface area (Å²) in [7, 11) is -9.88. The Kier molecular flexibility index (Phi) is 28.6. The van der Waals surface area contributed by atoms with Gasteiger partial charge in [0.25, 0.3) is 11.2 Å². The Morgan fingerprint density at radius 2 is 0.973 bits per heavy atom. The van der Waals surface area contributed by atoms with Gasteiger partial charge in [0.1, 0.15) is 12.9 Å². The molecule has 0 aromatic heterocycles. The van der Waals surface area contributed by atoms with Crippen LogP contribution in [0.4, 0.5) is 52.7 Å². The van der Waals surface area contributed by atoms with Gasteiger partial charge in [-0.2, -0.15) is 52.7 Å². The van der Waals surface area contributed by atoms with Crippen LogP contribution in [0, 0.1) is 33.5 Å². The maximum absolute atomic E-state index is 14.6. The number of halogens is 12. The first-order chi connectivity index (χ1) is 50.5. The highest BCUT2D eigenvalue weighted by atomic mass is 31.2. The van der Waals surface area contributed by atoms with E-state index in [9.17, 15) is 77.4 Å². The molecule has 9 nitrogen and oxygen atoms in total. The van der Waals surface area contributed by atoms with Gasteiger partial charge in [0, 0.05) is 42.3 Å². The van der Waals surface area contributed by atoms with Crippen molar-refractivity contribution in [1.29, 1.82) is 0 Å². The van der Waals surface area contributed by atoms with E-state index in [1.165, 1.54) is 43.6 Å². The van der Waals surface area contributed by atoms with Gasteiger partial charge in [0.15, 0.2) is 25.0 Å². The van der Waals surface area contributed by atoms with Gasteiger partial charge in [-0.05, 0) is 230 Å². The van der Waals surface area contributed by atoms with Crippen LogP contribution in [0.25, 0.3) is 0 Å². The lowest BCUT2D eigenvalue weighted by molar-refractivity contribution is -0.347. The summed E-state index contributed by atoms with van der Waals surface area (Å²) in [6, 6.07) is 20.0. The van der Waals surface area contributed by atoms with Crippen LogP contribution < -0.4 is 10.6 Å². The van der Waals surface area contributed by atoms with E-state index in [4.69, 9.17) is 18.0 Å². The lowest BCUT2D eigenvalue weighted by Crippen LogP contribution is -2.61. The molecular weight excluding hydrogens is 1510 g/mol.